The Morgan fingerprint density at radius 3 is 3.00 bits per heavy atom. The van der Waals surface area contributed by atoms with E-state index in [1.54, 1.807) is 23.8 Å². The van der Waals surface area contributed by atoms with Gasteiger partial charge in [-0.3, -0.25) is 0 Å². The van der Waals surface area contributed by atoms with Gasteiger partial charge in [0.05, 0.1) is 17.1 Å². The van der Waals surface area contributed by atoms with E-state index < -0.39 is 0 Å². The van der Waals surface area contributed by atoms with Crippen molar-refractivity contribution in [1.82, 2.24) is 9.97 Å². The van der Waals surface area contributed by atoms with Crippen molar-refractivity contribution in [2.75, 3.05) is 5.32 Å². The van der Waals surface area contributed by atoms with Crippen LogP contribution in [0.4, 0.5) is 5.82 Å². The van der Waals surface area contributed by atoms with Crippen LogP contribution in [-0.2, 0) is 6.54 Å². The lowest BCUT2D eigenvalue weighted by atomic mass is 10.4. The highest BCUT2D eigenvalue weighted by atomic mass is 79.9. The predicted molar refractivity (Wildman–Crippen MR) is 79.1 cm³/mol. The summed E-state index contributed by atoms with van der Waals surface area (Å²) in [6.07, 6.45) is 3.42. The zero-order valence-electron chi connectivity index (χ0n) is 9.84. The number of halogens is 1. The molecule has 0 aromatic carbocycles. The van der Waals surface area contributed by atoms with Crippen molar-refractivity contribution in [1.29, 1.82) is 0 Å². The quantitative estimate of drug-likeness (QED) is 0.777. The Bertz CT molecular complexity index is 649. The average Bonchev–Trinajstić information content (AvgIpc) is 3.09. The highest BCUT2D eigenvalue weighted by Crippen LogP contribution is 2.23. The first-order valence-corrected chi connectivity index (χ1v) is 7.32. The Morgan fingerprint density at radius 2 is 2.26 bits per heavy atom. The van der Waals surface area contributed by atoms with Crippen LogP contribution in [0.1, 0.15) is 5.69 Å². The van der Waals surface area contributed by atoms with Crippen LogP contribution in [0.5, 0.6) is 0 Å². The molecule has 0 unspecified atom stereocenters. The molecule has 3 aromatic heterocycles. The van der Waals surface area contributed by atoms with E-state index in [0.717, 1.165) is 20.9 Å². The van der Waals surface area contributed by atoms with Crippen LogP contribution >= 0.6 is 27.3 Å². The van der Waals surface area contributed by atoms with Gasteiger partial charge in [0.2, 0.25) is 5.89 Å². The molecule has 0 aliphatic rings. The van der Waals surface area contributed by atoms with Gasteiger partial charge in [-0.2, -0.15) is 0 Å². The molecule has 0 bridgehead atoms. The summed E-state index contributed by atoms with van der Waals surface area (Å²) < 4.78 is 6.41. The third-order valence-electron chi connectivity index (χ3n) is 2.46. The van der Waals surface area contributed by atoms with Crippen molar-refractivity contribution in [3.8, 4) is 10.8 Å². The van der Waals surface area contributed by atoms with Crippen molar-refractivity contribution < 1.29 is 4.42 Å². The largest absolute Gasteiger partial charge is 0.443 e. The standard InChI is InChI=1S/C13H10BrN3OS/c14-9-3-4-12(15-6-9)16-7-10-8-18-13(17-10)11-2-1-5-19-11/h1-6,8H,7H2,(H,15,16). The molecule has 0 aliphatic heterocycles. The highest BCUT2D eigenvalue weighted by molar-refractivity contribution is 9.10. The van der Waals surface area contributed by atoms with Gasteiger partial charge in [-0.25, -0.2) is 9.97 Å². The summed E-state index contributed by atoms with van der Waals surface area (Å²) in [5, 5.41) is 5.20. The van der Waals surface area contributed by atoms with Crippen LogP contribution in [0.3, 0.4) is 0 Å². The number of thiophene rings is 1. The van der Waals surface area contributed by atoms with E-state index in [9.17, 15) is 0 Å². The Balaban J connectivity index is 1.66. The third kappa shape index (κ3) is 3.02. The van der Waals surface area contributed by atoms with Gasteiger partial charge in [0, 0.05) is 10.7 Å². The van der Waals surface area contributed by atoms with E-state index in [1.165, 1.54) is 0 Å². The lowest BCUT2D eigenvalue weighted by molar-refractivity contribution is 0.574. The molecule has 4 nitrogen and oxygen atoms in total. The SMILES string of the molecule is Brc1ccc(NCc2coc(-c3cccs3)n2)nc1. The molecule has 0 fully saturated rings. The lowest BCUT2D eigenvalue weighted by Gasteiger charge is -2.02. The molecule has 3 rings (SSSR count). The maximum Gasteiger partial charge on any atom is 0.236 e. The fraction of sp³-hybridized carbons (Fsp3) is 0.0769. The molecule has 19 heavy (non-hydrogen) atoms. The third-order valence-corrected chi connectivity index (χ3v) is 3.79. The number of nitrogens with one attached hydrogen (secondary N) is 1. The first-order chi connectivity index (χ1) is 9.31. The Hall–Kier alpha value is -1.66. The molecule has 0 saturated heterocycles. The summed E-state index contributed by atoms with van der Waals surface area (Å²) >= 11 is 4.96. The van der Waals surface area contributed by atoms with Crippen LogP contribution in [0.15, 0.2) is 51.0 Å². The minimum absolute atomic E-state index is 0.587. The van der Waals surface area contributed by atoms with Gasteiger partial charge < -0.3 is 9.73 Å². The zero-order chi connectivity index (χ0) is 13.1. The van der Waals surface area contributed by atoms with Gasteiger partial charge in [0.1, 0.15) is 12.1 Å². The summed E-state index contributed by atoms with van der Waals surface area (Å²) in [6.45, 7) is 0.587. The normalized spacial score (nSPS) is 10.6. The molecule has 0 aliphatic carbocycles. The molecule has 1 N–H and O–H groups in total. The maximum absolute atomic E-state index is 5.45. The van der Waals surface area contributed by atoms with Gasteiger partial charge in [-0.15, -0.1) is 11.3 Å². The van der Waals surface area contributed by atoms with Crippen molar-refractivity contribution in [3.63, 3.8) is 0 Å². The number of nitrogens with zero attached hydrogens (tertiary/aromatic N) is 2. The minimum Gasteiger partial charge on any atom is -0.443 e. The second-order valence-electron chi connectivity index (χ2n) is 3.84. The molecule has 0 radical (unpaired) electrons. The van der Waals surface area contributed by atoms with E-state index in [0.29, 0.717) is 12.4 Å². The molecule has 0 spiro atoms. The van der Waals surface area contributed by atoms with Gasteiger partial charge in [-0.1, -0.05) is 6.07 Å². The number of aromatic nitrogens is 2. The van der Waals surface area contributed by atoms with E-state index >= 15 is 0 Å². The van der Waals surface area contributed by atoms with E-state index in [-0.39, 0.29) is 0 Å². The first kappa shape index (κ1) is 12.4. The predicted octanol–water partition coefficient (Wildman–Crippen LogP) is 4.17. The molecule has 0 saturated carbocycles. The summed E-state index contributed by atoms with van der Waals surface area (Å²) in [7, 11) is 0. The number of hydrogen-bond donors (Lipinski definition) is 1. The molecule has 6 heteroatoms. The van der Waals surface area contributed by atoms with Gasteiger partial charge in [0.25, 0.3) is 0 Å². The van der Waals surface area contributed by atoms with Crippen molar-refractivity contribution >= 4 is 33.1 Å². The summed E-state index contributed by atoms with van der Waals surface area (Å²) in [5.74, 6) is 1.47. The maximum atomic E-state index is 5.45. The van der Waals surface area contributed by atoms with Crippen LogP contribution < -0.4 is 5.32 Å². The topological polar surface area (TPSA) is 51.0 Å². The number of oxazole rings is 1. The monoisotopic (exact) mass is 335 g/mol. The lowest BCUT2D eigenvalue weighted by Crippen LogP contribution is -2.01. The van der Waals surface area contributed by atoms with Crippen LogP contribution in [0, 0.1) is 0 Å². The van der Waals surface area contributed by atoms with Gasteiger partial charge in [0.15, 0.2) is 0 Å². The first-order valence-electron chi connectivity index (χ1n) is 5.65. The minimum atomic E-state index is 0.587. The molecular formula is C13H10BrN3OS. The fourth-order valence-electron chi connectivity index (χ4n) is 1.56. The number of pyridine rings is 1. The Morgan fingerprint density at radius 1 is 1.32 bits per heavy atom. The molecule has 96 valence electrons. The van der Waals surface area contributed by atoms with Gasteiger partial charge >= 0.3 is 0 Å². The van der Waals surface area contributed by atoms with Gasteiger partial charge in [-0.05, 0) is 39.5 Å². The van der Waals surface area contributed by atoms with E-state index in [1.807, 2.05) is 29.6 Å². The molecule has 0 amide bonds. The average molecular weight is 336 g/mol. The second kappa shape index (κ2) is 5.54. The smallest absolute Gasteiger partial charge is 0.236 e. The summed E-state index contributed by atoms with van der Waals surface area (Å²) in [6, 6.07) is 7.82. The number of anilines is 1. The summed E-state index contributed by atoms with van der Waals surface area (Å²) in [4.78, 5) is 9.70. The fourth-order valence-corrected chi connectivity index (χ4v) is 2.45. The molecule has 3 aromatic rings. The number of hydrogen-bond acceptors (Lipinski definition) is 5. The highest BCUT2D eigenvalue weighted by Gasteiger charge is 2.07. The van der Waals surface area contributed by atoms with Crippen LogP contribution in [0.25, 0.3) is 10.8 Å². The van der Waals surface area contributed by atoms with Crippen molar-refractivity contribution in [2.24, 2.45) is 0 Å². The van der Waals surface area contributed by atoms with Crippen LogP contribution in [0.2, 0.25) is 0 Å². The Labute approximate surface area is 122 Å². The van der Waals surface area contributed by atoms with Crippen molar-refractivity contribution in [2.45, 2.75) is 6.54 Å². The van der Waals surface area contributed by atoms with E-state index in [2.05, 4.69) is 31.2 Å². The summed E-state index contributed by atoms with van der Waals surface area (Å²) in [5.41, 5.74) is 0.855. The van der Waals surface area contributed by atoms with E-state index in [4.69, 9.17) is 4.42 Å². The number of rotatable bonds is 4. The Kier molecular flexibility index (Phi) is 3.61. The molecular weight excluding hydrogens is 326 g/mol. The van der Waals surface area contributed by atoms with Crippen LogP contribution in [-0.4, -0.2) is 9.97 Å². The molecule has 0 atom stereocenters. The zero-order valence-corrected chi connectivity index (χ0v) is 12.2. The van der Waals surface area contributed by atoms with Crippen molar-refractivity contribution in [3.05, 3.63) is 52.3 Å². The molecule has 3 heterocycles. The second-order valence-corrected chi connectivity index (χ2v) is 5.70.